The fourth-order valence-electron chi connectivity index (χ4n) is 5.17. The summed E-state index contributed by atoms with van der Waals surface area (Å²) >= 11 is 0. The lowest BCUT2D eigenvalue weighted by molar-refractivity contribution is -0.274. The molecule has 51 heavy (non-hydrogen) atoms. The highest BCUT2D eigenvalue weighted by Crippen LogP contribution is 2.31. The quantitative estimate of drug-likeness (QED) is 0.0631. The summed E-state index contributed by atoms with van der Waals surface area (Å²) in [6.45, 7) is 19.1. The number of hydrogen-bond donors (Lipinski definition) is 5. The number of H-pyrrole nitrogens is 1. The normalized spacial score (nSPS) is 12.4. The van der Waals surface area contributed by atoms with Gasteiger partial charge in [0.2, 0.25) is 0 Å². The van der Waals surface area contributed by atoms with Crippen LogP contribution in [-0.2, 0) is 23.8 Å². The number of benzene rings is 2. The first-order valence-electron chi connectivity index (χ1n) is 17.1. The van der Waals surface area contributed by atoms with Crippen LogP contribution in [0.5, 0.6) is 5.75 Å². The molecule has 0 aliphatic heterocycles. The molecule has 4 aromatic rings. The summed E-state index contributed by atoms with van der Waals surface area (Å²) in [7, 11) is 0. The average molecular weight is 713 g/mol. The lowest BCUT2D eigenvalue weighted by atomic mass is 9.85. The monoisotopic (exact) mass is 712 g/mol. The van der Waals surface area contributed by atoms with Gasteiger partial charge in [-0.05, 0) is 83.7 Å². The zero-order chi connectivity index (χ0) is 38.2. The molecule has 8 N–H and O–H groups in total. The minimum Gasteiger partial charge on any atom is -0.406 e. The number of aryl methyl sites for hydroxylation is 1. The van der Waals surface area contributed by atoms with Crippen molar-refractivity contribution in [2.75, 3.05) is 19.6 Å². The first-order valence-corrected chi connectivity index (χ1v) is 17.1. The number of fused-ring (bicyclic) bond motifs is 1. The predicted octanol–water partition coefficient (Wildman–Crippen LogP) is 6.56. The maximum absolute atomic E-state index is 12.6. The number of alkyl halides is 3. The van der Waals surface area contributed by atoms with Crippen LogP contribution >= 0.6 is 0 Å². The fourth-order valence-corrected chi connectivity index (χ4v) is 5.17. The zero-order valence-electron chi connectivity index (χ0n) is 31.2. The number of nitrogens with one attached hydrogen (secondary N) is 2. The van der Waals surface area contributed by atoms with Crippen molar-refractivity contribution in [1.29, 1.82) is 0 Å². The maximum Gasteiger partial charge on any atom is 0.573 e. The van der Waals surface area contributed by atoms with E-state index in [1.165, 1.54) is 12.1 Å². The van der Waals surface area contributed by atoms with E-state index in [1.807, 2.05) is 57.3 Å². The Hall–Kier alpha value is -4.36. The number of nitrogens with two attached hydrogens (primary N) is 3. The molecule has 0 bridgehead atoms. The summed E-state index contributed by atoms with van der Waals surface area (Å²) in [6.07, 6.45) is -0.402. The van der Waals surface area contributed by atoms with E-state index in [2.05, 4.69) is 65.7 Å². The number of aromatic amines is 1. The van der Waals surface area contributed by atoms with Crippen LogP contribution in [0.2, 0.25) is 0 Å². The molecule has 13 heteroatoms. The van der Waals surface area contributed by atoms with Crippen LogP contribution in [0.3, 0.4) is 0 Å². The summed E-state index contributed by atoms with van der Waals surface area (Å²) in [5, 5.41) is 4.36. The molecule has 0 aliphatic rings. The van der Waals surface area contributed by atoms with Crippen molar-refractivity contribution in [3.05, 3.63) is 87.6 Å². The molecule has 0 unspecified atom stereocenters. The Morgan fingerprint density at radius 1 is 0.922 bits per heavy atom. The van der Waals surface area contributed by atoms with Crippen LogP contribution in [-0.4, -0.2) is 46.5 Å². The molecule has 0 saturated heterocycles. The van der Waals surface area contributed by atoms with Crippen LogP contribution < -0.4 is 32.9 Å². The van der Waals surface area contributed by atoms with Crippen LogP contribution in [0.1, 0.15) is 90.6 Å². The number of halogens is 3. The standard InChI is InChI=1S/C23H33N7O.C15H22F3NO/c1-22(2,3)18-10-16-12-30(21(31)29-19(16)28-18)17-8-6-15(7-9-17)11-26-13-23(4,5)14-27-20(24)25;1-14(2,3)12-8-11(6-4-5-7-19)9-13(10-12)20-15(16,17)18/h6-10,12,26H,11,13-14H2,1-5H3,(H4,24,25,27)(H,28,29,31);8-10H,4-7,19H2,1-3H3. The first kappa shape index (κ1) is 41.1. The van der Waals surface area contributed by atoms with Crippen molar-refractivity contribution in [3.8, 4) is 11.4 Å². The Labute approximate surface area is 299 Å². The van der Waals surface area contributed by atoms with Gasteiger partial charge in [-0.2, -0.15) is 4.98 Å². The smallest absolute Gasteiger partial charge is 0.406 e. The van der Waals surface area contributed by atoms with Gasteiger partial charge in [-0.15, -0.1) is 13.2 Å². The minimum atomic E-state index is -4.66. The highest BCUT2D eigenvalue weighted by molar-refractivity contribution is 5.76. The summed E-state index contributed by atoms with van der Waals surface area (Å²) < 4.78 is 42.7. The molecule has 2 heterocycles. The second kappa shape index (κ2) is 16.8. The highest BCUT2D eigenvalue weighted by Gasteiger charge is 2.32. The van der Waals surface area contributed by atoms with E-state index in [0.717, 1.165) is 52.8 Å². The van der Waals surface area contributed by atoms with Crippen molar-refractivity contribution in [3.63, 3.8) is 0 Å². The van der Waals surface area contributed by atoms with Gasteiger partial charge in [0, 0.05) is 42.3 Å². The van der Waals surface area contributed by atoms with E-state index >= 15 is 0 Å². The topological polar surface area (TPSA) is 162 Å². The molecule has 2 aromatic carbocycles. The third-order valence-electron chi connectivity index (χ3n) is 8.14. The molecule has 0 aliphatic carbocycles. The molecule has 280 valence electrons. The molecule has 0 spiro atoms. The van der Waals surface area contributed by atoms with Crippen LogP contribution in [0.4, 0.5) is 13.2 Å². The summed E-state index contributed by atoms with van der Waals surface area (Å²) in [5.41, 5.74) is 20.9. The van der Waals surface area contributed by atoms with E-state index in [-0.39, 0.29) is 33.6 Å². The third kappa shape index (κ3) is 13.4. The number of rotatable bonds is 12. The molecule has 2 aromatic heterocycles. The zero-order valence-corrected chi connectivity index (χ0v) is 31.2. The van der Waals surface area contributed by atoms with Crippen LogP contribution in [0, 0.1) is 5.41 Å². The third-order valence-corrected chi connectivity index (χ3v) is 8.14. The number of hydrogen-bond acceptors (Lipinski definition) is 6. The van der Waals surface area contributed by atoms with Gasteiger partial charge < -0.3 is 32.2 Å². The summed E-state index contributed by atoms with van der Waals surface area (Å²) in [5.74, 6) is -0.0338. The van der Waals surface area contributed by atoms with Gasteiger partial charge in [-0.1, -0.05) is 73.6 Å². The van der Waals surface area contributed by atoms with Gasteiger partial charge in [0.15, 0.2) is 5.96 Å². The summed E-state index contributed by atoms with van der Waals surface area (Å²) in [4.78, 5) is 24.1. The van der Waals surface area contributed by atoms with Crippen LogP contribution in [0.25, 0.3) is 16.7 Å². The molecule has 10 nitrogen and oxygen atoms in total. The van der Waals surface area contributed by atoms with E-state index < -0.39 is 6.36 Å². The number of guanidine groups is 1. The Morgan fingerprint density at radius 3 is 2.16 bits per heavy atom. The Balaban J connectivity index is 0.000000304. The molecule has 0 saturated carbocycles. The van der Waals surface area contributed by atoms with Gasteiger partial charge in [0.05, 0.1) is 5.69 Å². The van der Waals surface area contributed by atoms with Crippen molar-refractivity contribution in [2.24, 2.45) is 27.6 Å². The molecule has 0 atom stereocenters. The first-order chi connectivity index (χ1) is 23.6. The second-order valence-corrected chi connectivity index (χ2v) is 15.7. The largest absolute Gasteiger partial charge is 0.573 e. The van der Waals surface area contributed by atoms with E-state index in [0.29, 0.717) is 31.7 Å². The number of aromatic nitrogens is 3. The predicted molar refractivity (Wildman–Crippen MR) is 200 cm³/mol. The van der Waals surface area contributed by atoms with E-state index in [1.54, 1.807) is 4.57 Å². The molecule has 0 amide bonds. The molecule has 0 fully saturated rings. The van der Waals surface area contributed by atoms with Gasteiger partial charge in [-0.25, -0.2) is 4.79 Å². The second-order valence-electron chi connectivity index (χ2n) is 15.7. The van der Waals surface area contributed by atoms with Crippen molar-refractivity contribution < 1.29 is 17.9 Å². The minimum absolute atomic E-state index is 0.0406. The fraction of sp³-hybridized carbons (Fsp3) is 0.500. The number of unbranched alkanes of at least 4 members (excludes halogenated alkanes) is 1. The van der Waals surface area contributed by atoms with Gasteiger partial charge in [-0.3, -0.25) is 9.56 Å². The van der Waals surface area contributed by atoms with Gasteiger partial charge in [0.1, 0.15) is 11.4 Å². The number of ether oxygens (including phenoxy) is 1. The van der Waals surface area contributed by atoms with E-state index in [9.17, 15) is 18.0 Å². The lowest BCUT2D eigenvalue weighted by Crippen LogP contribution is -2.33. The summed E-state index contributed by atoms with van der Waals surface area (Å²) in [6, 6.07) is 14.8. The lowest BCUT2D eigenvalue weighted by Gasteiger charge is -2.23. The Bertz CT molecular complexity index is 1810. The van der Waals surface area contributed by atoms with Crippen molar-refractivity contribution in [1.82, 2.24) is 19.9 Å². The SMILES string of the molecule is CC(C)(C)c1cc(CCCCN)cc(OC(F)(F)F)c1.CC(C)(CN=C(N)N)CNCc1ccc(-n2cc3cc(C(C)(C)C)[nH]c3nc2=O)cc1. The van der Waals surface area contributed by atoms with Crippen molar-refractivity contribution in [2.45, 2.75) is 98.4 Å². The molecule has 0 radical (unpaired) electrons. The van der Waals surface area contributed by atoms with E-state index in [4.69, 9.17) is 17.2 Å². The number of nitrogens with zero attached hydrogens (tertiary/aromatic N) is 3. The van der Waals surface area contributed by atoms with Crippen molar-refractivity contribution >= 4 is 17.0 Å². The maximum atomic E-state index is 12.6. The number of aliphatic imine (C=N–C) groups is 1. The highest BCUT2D eigenvalue weighted by atomic mass is 19.4. The average Bonchev–Trinajstić information content (AvgIpc) is 3.43. The van der Waals surface area contributed by atoms with Crippen LogP contribution in [0.15, 0.2) is 64.5 Å². The Kier molecular flexibility index (Phi) is 13.5. The molecule has 4 rings (SSSR count). The molecular formula is C38H55F3N8O2. The Morgan fingerprint density at radius 2 is 1.59 bits per heavy atom. The van der Waals surface area contributed by atoms with Gasteiger partial charge >= 0.3 is 12.1 Å². The molecular weight excluding hydrogens is 657 g/mol. The van der Waals surface area contributed by atoms with Gasteiger partial charge in [0.25, 0.3) is 0 Å².